The van der Waals surface area contributed by atoms with Crippen LogP contribution >= 0.6 is 0 Å². The van der Waals surface area contributed by atoms with Crippen LogP contribution in [0.5, 0.6) is 0 Å². The SMILES string of the molecule is C=CC12CC(=CN)C(=Nc3ccc(C)cc3)CC1CCN(N=C(N)C=N)C2. The maximum absolute atomic E-state index is 7.24. The van der Waals surface area contributed by atoms with Gasteiger partial charge in [-0.2, -0.15) is 5.10 Å². The van der Waals surface area contributed by atoms with Crippen molar-refractivity contribution in [2.45, 2.75) is 26.2 Å². The minimum Gasteiger partial charge on any atom is -0.404 e. The van der Waals surface area contributed by atoms with Crippen molar-refractivity contribution in [1.29, 1.82) is 5.41 Å². The molecule has 1 saturated carbocycles. The number of amidine groups is 1. The monoisotopic (exact) mass is 364 g/mol. The number of hydrazone groups is 1. The van der Waals surface area contributed by atoms with Crippen molar-refractivity contribution in [3.05, 3.63) is 54.3 Å². The Labute approximate surface area is 160 Å². The molecular formula is C21H28N6. The highest BCUT2D eigenvalue weighted by Crippen LogP contribution is 2.48. The normalized spacial score (nSPS) is 28.9. The van der Waals surface area contributed by atoms with E-state index in [2.05, 4.69) is 30.7 Å². The van der Waals surface area contributed by atoms with E-state index in [0.717, 1.165) is 55.5 Å². The lowest BCUT2D eigenvalue weighted by Crippen LogP contribution is -2.50. The van der Waals surface area contributed by atoms with Crippen molar-refractivity contribution in [2.75, 3.05) is 13.1 Å². The first-order chi connectivity index (χ1) is 13.0. The van der Waals surface area contributed by atoms with Gasteiger partial charge in [0, 0.05) is 24.2 Å². The highest BCUT2D eigenvalue weighted by Gasteiger charge is 2.45. The Hall–Kier alpha value is -2.89. The number of aliphatic imine (C=N–C) groups is 1. The Bertz CT molecular complexity index is 804. The number of nitrogens with zero attached hydrogens (tertiary/aromatic N) is 3. The zero-order chi connectivity index (χ0) is 19.4. The van der Waals surface area contributed by atoms with E-state index in [0.29, 0.717) is 5.92 Å². The van der Waals surface area contributed by atoms with Crippen molar-refractivity contribution in [3.8, 4) is 0 Å². The number of nitrogens with one attached hydrogen (secondary N) is 1. The third-order valence-electron chi connectivity index (χ3n) is 5.67. The summed E-state index contributed by atoms with van der Waals surface area (Å²) in [7, 11) is 0. The first-order valence-electron chi connectivity index (χ1n) is 9.28. The smallest absolute Gasteiger partial charge is 0.161 e. The van der Waals surface area contributed by atoms with Crippen LogP contribution < -0.4 is 11.5 Å². The van der Waals surface area contributed by atoms with Gasteiger partial charge in [0.05, 0.1) is 11.9 Å². The fourth-order valence-electron chi connectivity index (χ4n) is 4.10. The summed E-state index contributed by atoms with van der Waals surface area (Å²) in [4.78, 5) is 4.89. The lowest BCUT2D eigenvalue weighted by molar-refractivity contribution is 0.0654. The van der Waals surface area contributed by atoms with Crippen molar-refractivity contribution in [2.24, 2.45) is 32.9 Å². The van der Waals surface area contributed by atoms with Gasteiger partial charge in [0.1, 0.15) is 0 Å². The quantitative estimate of drug-likeness (QED) is 0.434. The highest BCUT2D eigenvalue weighted by molar-refractivity contribution is 6.27. The molecule has 1 aliphatic heterocycles. The predicted octanol–water partition coefficient (Wildman–Crippen LogP) is 3.12. The second kappa shape index (κ2) is 7.78. The average Bonchev–Trinajstić information content (AvgIpc) is 2.69. The van der Waals surface area contributed by atoms with Crippen LogP contribution in [0.1, 0.15) is 24.8 Å². The Balaban J connectivity index is 1.88. The molecule has 27 heavy (non-hydrogen) atoms. The standard InChI is InChI=1S/C21H28N6/c1-3-21-11-16(12-22)19(25-18-6-4-15(2)5-7-18)10-17(21)8-9-27(14-21)26-20(24)13-23/h3-7,12-13,17,23H,1,8-11,14,22H2,2H3,(H2,24,26). The molecule has 3 rings (SSSR count). The Kier molecular flexibility index (Phi) is 5.44. The van der Waals surface area contributed by atoms with E-state index in [-0.39, 0.29) is 11.3 Å². The van der Waals surface area contributed by atoms with Gasteiger partial charge in [-0.15, -0.1) is 6.58 Å². The zero-order valence-corrected chi connectivity index (χ0v) is 15.9. The molecule has 1 aromatic carbocycles. The maximum atomic E-state index is 7.24. The number of nitrogens with two attached hydrogens (primary N) is 2. The molecule has 0 bridgehead atoms. The molecule has 6 heteroatoms. The second-order valence-electron chi connectivity index (χ2n) is 7.45. The molecule has 1 heterocycles. The highest BCUT2D eigenvalue weighted by atomic mass is 15.5. The molecule has 6 nitrogen and oxygen atoms in total. The minimum atomic E-state index is -0.110. The lowest BCUT2D eigenvalue weighted by Gasteiger charge is -2.49. The molecule has 1 aliphatic carbocycles. The minimum absolute atomic E-state index is 0.110. The number of rotatable bonds is 4. The molecule has 1 aromatic rings. The summed E-state index contributed by atoms with van der Waals surface area (Å²) in [5, 5.41) is 13.5. The molecule has 2 unspecified atom stereocenters. The first-order valence-corrected chi connectivity index (χ1v) is 9.28. The van der Waals surface area contributed by atoms with Crippen LogP contribution in [0.25, 0.3) is 0 Å². The maximum Gasteiger partial charge on any atom is 0.161 e. The third kappa shape index (κ3) is 3.94. The molecular weight excluding hydrogens is 336 g/mol. The molecule has 142 valence electrons. The Morgan fingerprint density at radius 3 is 2.74 bits per heavy atom. The Morgan fingerprint density at radius 1 is 1.37 bits per heavy atom. The van der Waals surface area contributed by atoms with Crippen molar-refractivity contribution < 1.29 is 0 Å². The number of aryl methyl sites for hydroxylation is 1. The second-order valence-corrected chi connectivity index (χ2v) is 7.45. The van der Waals surface area contributed by atoms with Gasteiger partial charge < -0.3 is 16.9 Å². The number of hydrogen-bond acceptors (Lipinski definition) is 5. The van der Waals surface area contributed by atoms with Gasteiger partial charge in [0.2, 0.25) is 0 Å². The lowest BCUT2D eigenvalue weighted by atomic mass is 9.61. The topological polar surface area (TPSA) is 104 Å². The molecule has 0 radical (unpaired) electrons. The average molecular weight is 364 g/mol. The number of piperidine rings is 1. The van der Waals surface area contributed by atoms with Gasteiger partial charge in [-0.3, -0.25) is 10.0 Å². The number of hydrogen-bond donors (Lipinski definition) is 3. The molecule has 0 aromatic heterocycles. The number of benzene rings is 1. The summed E-state index contributed by atoms with van der Waals surface area (Å²) in [6, 6.07) is 8.24. The predicted molar refractivity (Wildman–Crippen MR) is 112 cm³/mol. The van der Waals surface area contributed by atoms with Gasteiger partial charge in [0.25, 0.3) is 0 Å². The van der Waals surface area contributed by atoms with Crippen molar-refractivity contribution in [3.63, 3.8) is 0 Å². The van der Waals surface area contributed by atoms with E-state index in [1.54, 1.807) is 6.20 Å². The van der Waals surface area contributed by atoms with Gasteiger partial charge in [-0.1, -0.05) is 23.8 Å². The van der Waals surface area contributed by atoms with E-state index < -0.39 is 0 Å². The van der Waals surface area contributed by atoms with E-state index in [1.807, 2.05) is 23.2 Å². The third-order valence-corrected chi connectivity index (χ3v) is 5.67. The van der Waals surface area contributed by atoms with Crippen molar-refractivity contribution in [1.82, 2.24) is 5.01 Å². The number of allylic oxidation sites excluding steroid dienone is 1. The van der Waals surface area contributed by atoms with Crippen LogP contribution in [0.3, 0.4) is 0 Å². The summed E-state index contributed by atoms with van der Waals surface area (Å²) in [6.07, 6.45) is 7.45. The van der Waals surface area contributed by atoms with E-state index >= 15 is 0 Å². The number of fused-ring (bicyclic) bond motifs is 1. The first kappa shape index (κ1) is 18.9. The van der Waals surface area contributed by atoms with Crippen molar-refractivity contribution >= 4 is 23.4 Å². The molecule has 5 N–H and O–H groups in total. The largest absolute Gasteiger partial charge is 0.404 e. The summed E-state index contributed by atoms with van der Waals surface area (Å²) >= 11 is 0. The molecule has 2 fully saturated rings. The molecule has 0 spiro atoms. The zero-order valence-electron chi connectivity index (χ0n) is 15.9. The molecule has 1 saturated heterocycles. The molecule has 2 atom stereocenters. The summed E-state index contributed by atoms with van der Waals surface area (Å²) in [6.45, 7) is 7.73. The van der Waals surface area contributed by atoms with Crippen LogP contribution in [0.4, 0.5) is 5.69 Å². The fourth-order valence-corrected chi connectivity index (χ4v) is 4.10. The fraction of sp³-hybridized carbons (Fsp3) is 0.381. The summed E-state index contributed by atoms with van der Waals surface area (Å²) in [5.74, 6) is 0.662. The Morgan fingerprint density at radius 2 is 2.11 bits per heavy atom. The summed E-state index contributed by atoms with van der Waals surface area (Å²) < 4.78 is 0. The van der Waals surface area contributed by atoms with Gasteiger partial charge in [0.15, 0.2) is 5.84 Å². The van der Waals surface area contributed by atoms with Crippen LogP contribution in [-0.2, 0) is 0 Å². The van der Waals surface area contributed by atoms with E-state index in [1.165, 1.54) is 5.56 Å². The van der Waals surface area contributed by atoms with Crippen LogP contribution in [0.15, 0.2) is 58.8 Å². The van der Waals surface area contributed by atoms with Crippen LogP contribution in [-0.4, -0.2) is 35.9 Å². The van der Waals surface area contributed by atoms with Crippen LogP contribution in [0, 0.1) is 23.7 Å². The van der Waals surface area contributed by atoms with E-state index in [9.17, 15) is 0 Å². The van der Waals surface area contributed by atoms with E-state index in [4.69, 9.17) is 21.9 Å². The molecule has 2 aliphatic rings. The van der Waals surface area contributed by atoms with Gasteiger partial charge >= 0.3 is 0 Å². The van der Waals surface area contributed by atoms with Crippen LogP contribution in [0.2, 0.25) is 0 Å². The molecule has 0 amide bonds. The van der Waals surface area contributed by atoms with Gasteiger partial charge in [-0.25, -0.2) is 0 Å². The van der Waals surface area contributed by atoms with Gasteiger partial charge in [-0.05, 0) is 56.0 Å². The summed E-state index contributed by atoms with van der Waals surface area (Å²) in [5.41, 5.74) is 15.9.